The molecule has 0 aliphatic rings. The summed E-state index contributed by atoms with van der Waals surface area (Å²) >= 11 is 5.58. The molecule has 0 spiro atoms. The van der Waals surface area contributed by atoms with Crippen LogP contribution in [0.25, 0.3) is 11.5 Å². The lowest BCUT2D eigenvalue weighted by atomic mass is 10.3. The van der Waals surface area contributed by atoms with Crippen molar-refractivity contribution in [1.82, 2.24) is 19.5 Å². The van der Waals surface area contributed by atoms with E-state index in [0.29, 0.717) is 12.4 Å². The van der Waals surface area contributed by atoms with E-state index in [-0.39, 0.29) is 10.8 Å². The molecule has 0 N–H and O–H groups in total. The summed E-state index contributed by atoms with van der Waals surface area (Å²) in [5.41, 5.74) is 0.0502. The average molecular weight is 277 g/mol. The molecule has 0 saturated carbocycles. The fraction of sp³-hybridized carbons (Fsp3) is 0.300. The number of aryl methyl sites for hydroxylation is 1. The third-order valence-corrected chi connectivity index (χ3v) is 2.43. The van der Waals surface area contributed by atoms with E-state index in [2.05, 4.69) is 15.0 Å². The lowest BCUT2D eigenvalue weighted by Crippen LogP contribution is -2.12. The van der Waals surface area contributed by atoms with Gasteiger partial charge >= 0.3 is 6.18 Å². The molecule has 0 radical (unpaired) electrons. The van der Waals surface area contributed by atoms with Crippen LogP contribution in [0.4, 0.5) is 13.2 Å². The second kappa shape index (κ2) is 4.56. The minimum absolute atomic E-state index is 0.0502. The zero-order chi connectivity index (χ0) is 13.3. The van der Waals surface area contributed by atoms with Crippen LogP contribution >= 0.6 is 11.6 Å². The molecule has 4 nitrogen and oxygen atoms in total. The van der Waals surface area contributed by atoms with Crippen molar-refractivity contribution >= 4 is 11.6 Å². The first-order valence-electron chi connectivity index (χ1n) is 5.05. The Morgan fingerprint density at radius 2 is 2.06 bits per heavy atom. The van der Waals surface area contributed by atoms with Crippen molar-refractivity contribution in [3.8, 4) is 11.5 Å². The van der Waals surface area contributed by atoms with Crippen LogP contribution in [0.1, 0.15) is 12.7 Å². The highest BCUT2D eigenvalue weighted by molar-refractivity contribution is 6.29. The maximum atomic E-state index is 12.6. The van der Waals surface area contributed by atoms with Gasteiger partial charge in [-0.2, -0.15) is 13.2 Å². The monoisotopic (exact) mass is 276 g/mol. The Labute approximate surface area is 105 Å². The van der Waals surface area contributed by atoms with Crippen LogP contribution in [0, 0.1) is 0 Å². The summed E-state index contributed by atoms with van der Waals surface area (Å²) in [5, 5.41) is -0.266. The van der Waals surface area contributed by atoms with Crippen LogP contribution in [0.5, 0.6) is 0 Å². The molecule has 96 valence electrons. The smallest absolute Gasteiger partial charge is 0.330 e. The zero-order valence-electron chi connectivity index (χ0n) is 9.24. The number of alkyl halides is 3. The van der Waals surface area contributed by atoms with Crippen molar-refractivity contribution < 1.29 is 13.2 Å². The van der Waals surface area contributed by atoms with Crippen LogP contribution in [0.3, 0.4) is 0 Å². The molecule has 0 amide bonds. The quantitative estimate of drug-likeness (QED) is 0.792. The normalized spacial score (nSPS) is 11.8. The van der Waals surface area contributed by atoms with Gasteiger partial charge in [0, 0.05) is 25.0 Å². The van der Waals surface area contributed by atoms with E-state index in [1.54, 1.807) is 10.8 Å². The SMILES string of the molecule is CCn1ccnc1-c1cc(Cl)nc(C(F)(F)F)n1. The summed E-state index contributed by atoms with van der Waals surface area (Å²) in [4.78, 5) is 10.6. The van der Waals surface area contributed by atoms with Crippen LogP contribution in [-0.4, -0.2) is 19.5 Å². The van der Waals surface area contributed by atoms with Gasteiger partial charge in [0.1, 0.15) is 10.8 Å². The molecule has 0 fully saturated rings. The van der Waals surface area contributed by atoms with Crippen LogP contribution < -0.4 is 0 Å². The fourth-order valence-corrected chi connectivity index (χ4v) is 1.64. The van der Waals surface area contributed by atoms with E-state index in [4.69, 9.17) is 11.6 Å². The molecule has 0 aliphatic carbocycles. The van der Waals surface area contributed by atoms with E-state index < -0.39 is 12.0 Å². The minimum atomic E-state index is -4.64. The molecular formula is C10H8ClF3N4. The molecule has 0 saturated heterocycles. The van der Waals surface area contributed by atoms with E-state index in [1.165, 1.54) is 12.3 Å². The Bertz CT molecular complexity index is 564. The Hall–Kier alpha value is -1.63. The van der Waals surface area contributed by atoms with Gasteiger partial charge in [0.2, 0.25) is 5.82 Å². The number of hydrogen-bond donors (Lipinski definition) is 0. The predicted molar refractivity (Wildman–Crippen MR) is 58.9 cm³/mol. The van der Waals surface area contributed by atoms with E-state index >= 15 is 0 Å². The lowest BCUT2D eigenvalue weighted by molar-refractivity contribution is -0.144. The molecule has 0 aromatic carbocycles. The Morgan fingerprint density at radius 1 is 1.33 bits per heavy atom. The molecule has 0 atom stereocenters. The van der Waals surface area contributed by atoms with Gasteiger partial charge in [0.15, 0.2) is 5.82 Å². The van der Waals surface area contributed by atoms with Crippen LogP contribution in [0.2, 0.25) is 5.15 Å². The Kier molecular flexibility index (Phi) is 3.25. The average Bonchev–Trinajstić information content (AvgIpc) is 2.74. The second-order valence-electron chi connectivity index (χ2n) is 3.43. The zero-order valence-corrected chi connectivity index (χ0v) is 10.00. The highest BCUT2D eigenvalue weighted by atomic mass is 35.5. The highest BCUT2D eigenvalue weighted by Crippen LogP contribution is 2.29. The van der Waals surface area contributed by atoms with Crippen molar-refractivity contribution in [2.24, 2.45) is 0 Å². The fourth-order valence-electron chi connectivity index (χ4n) is 1.46. The topological polar surface area (TPSA) is 43.6 Å². The number of rotatable bonds is 2. The van der Waals surface area contributed by atoms with Gasteiger partial charge in [0.05, 0.1) is 0 Å². The van der Waals surface area contributed by atoms with Gasteiger partial charge in [-0.1, -0.05) is 11.6 Å². The summed E-state index contributed by atoms with van der Waals surface area (Å²) < 4.78 is 39.3. The van der Waals surface area contributed by atoms with Gasteiger partial charge in [-0.25, -0.2) is 15.0 Å². The molecule has 2 rings (SSSR count). The molecule has 2 aromatic heterocycles. The first kappa shape index (κ1) is 12.8. The molecule has 8 heteroatoms. The second-order valence-corrected chi connectivity index (χ2v) is 3.82. The molecule has 0 unspecified atom stereocenters. The Balaban J connectivity index is 2.56. The highest BCUT2D eigenvalue weighted by Gasteiger charge is 2.35. The number of hydrogen-bond acceptors (Lipinski definition) is 3. The van der Waals surface area contributed by atoms with E-state index in [1.807, 2.05) is 6.92 Å². The maximum Gasteiger partial charge on any atom is 0.451 e. The number of halogens is 4. The standard InChI is InChI=1S/C10H8ClF3N4/c1-2-18-4-3-15-8(18)6-5-7(11)17-9(16-6)10(12,13)14/h3-5H,2H2,1H3. The largest absolute Gasteiger partial charge is 0.451 e. The van der Waals surface area contributed by atoms with Gasteiger partial charge < -0.3 is 4.57 Å². The number of aromatic nitrogens is 4. The molecule has 2 aromatic rings. The lowest BCUT2D eigenvalue weighted by Gasteiger charge is -2.08. The van der Waals surface area contributed by atoms with Gasteiger partial charge in [-0.05, 0) is 6.92 Å². The van der Waals surface area contributed by atoms with Crippen molar-refractivity contribution in [1.29, 1.82) is 0 Å². The third-order valence-electron chi connectivity index (χ3n) is 2.23. The van der Waals surface area contributed by atoms with Crippen molar-refractivity contribution in [3.63, 3.8) is 0 Å². The minimum Gasteiger partial charge on any atom is -0.330 e. The van der Waals surface area contributed by atoms with E-state index in [9.17, 15) is 13.2 Å². The number of nitrogens with zero attached hydrogens (tertiary/aromatic N) is 4. The first-order chi connectivity index (χ1) is 8.41. The van der Waals surface area contributed by atoms with E-state index in [0.717, 1.165) is 0 Å². The Morgan fingerprint density at radius 3 is 2.67 bits per heavy atom. The molecule has 0 aliphatic heterocycles. The van der Waals surface area contributed by atoms with Gasteiger partial charge in [-0.3, -0.25) is 0 Å². The molecule has 18 heavy (non-hydrogen) atoms. The summed E-state index contributed by atoms with van der Waals surface area (Å²) in [6.45, 7) is 2.41. The van der Waals surface area contributed by atoms with Gasteiger partial charge in [-0.15, -0.1) is 0 Å². The summed E-state index contributed by atoms with van der Waals surface area (Å²) in [5.74, 6) is -0.942. The summed E-state index contributed by atoms with van der Waals surface area (Å²) in [7, 11) is 0. The van der Waals surface area contributed by atoms with Crippen molar-refractivity contribution in [3.05, 3.63) is 29.4 Å². The van der Waals surface area contributed by atoms with Crippen molar-refractivity contribution in [2.75, 3.05) is 0 Å². The van der Waals surface area contributed by atoms with Crippen LogP contribution in [0.15, 0.2) is 18.5 Å². The predicted octanol–water partition coefficient (Wildman–Crippen LogP) is 3.03. The maximum absolute atomic E-state index is 12.6. The molecule has 0 bridgehead atoms. The van der Waals surface area contributed by atoms with Crippen molar-refractivity contribution in [2.45, 2.75) is 19.6 Å². The van der Waals surface area contributed by atoms with Crippen LogP contribution in [-0.2, 0) is 12.7 Å². The summed E-state index contributed by atoms with van der Waals surface area (Å²) in [6, 6.07) is 1.26. The van der Waals surface area contributed by atoms with Gasteiger partial charge in [0.25, 0.3) is 0 Å². The molecular weight excluding hydrogens is 269 g/mol. The first-order valence-corrected chi connectivity index (χ1v) is 5.43. The number of imidazole rings is 1. The molecule has 2 heterocycles. The third kappa shape index (κ3) is 2.45. The summed E-state index contributed by atoms with van der Waals surface area (Å²) in [6.07, 6.45) is -1.50.